The molecule has 0 aromatic carbocycles. The highest BCUT2D eigenvalue weighted by Crippen LogP contribution is 2.13. The van der Waals surface area contributed by atoms with E-state index in [9.17, 15) is 4.79 Å². The second kappa shape index (κ2) is 10.2. The first-order valence-electron chi connectivity index (χ1n) is 9.67. The Kier molecular flexibility index (Phi) is 8.29. The largest absolute Gasteiger partial charge is 0.379 e. The SMILES string of the molecule is CCN1CCCN(C(=O)NC[C@H](CC(C)C)N2CCOCC2)CC1. The summed E-state index contributed by atoms with van der Waals surface area (Å²) < 4.78 is 5.47. The van der Waals surface area contributed by atoms with Crippen LogP contribution in [0.3, 0.4) is 0 Å². The van der Waals surface area contributed by atoms with Gasteiger partial charge >= 0.3 is 6.03 Å². The number of carbonyl (C=O) groups excluding carboxylic acids is 1. The van der Waals surface area contributed by atoms with Crippen molar-refractivity contribution in [2.75, 3.05) is 65.6 Å². The summed E-state index contributed by atoms with van der Waals surface area (Å²) in [7, 11) is 0. The van der Waals surface area contributed by atoms with Gasteiger partial charge in [0.2, 0.25) is 0 Å². The molecule has 0 aromatic heterocycles. The van der Waals surface area contributed by atoms with Crippen molar-refractivity contribution in [2.24, 2.45) is 5.92 Å². The summed E-state index contributed by atoms with van der Waals surface area (Å²) in [5, 5.41) is 3.20. The number of urea groups is 1. The number of rotatable bonds is 6. The number of carbonyl (C=O) groups is 1. The minimum Gasteiger partial charge on any atom is -0.379 e. The Labute approximate surface area is 147 Å². The molecule has 0 aromatic rings. The van der Waals surface area contributed by atoms with E-state index in [-0.39, 0.29) is 6.03 Å². The summed E-state index contributed by atoms with van der Waals surface area (Å²) in [4.78, 5) is 19.5. The Bertz CT molecular complexity index is 372. The van der Waals surface area contributed by atoms with Crippen molar-refractivity contribution in [1.29, 1.82) is 0 Å². The van der Waals surface area contributed by atoms with Crippen molar-refractivity contribution in [3.05, 3.63) is 0 Å². The summed E-state index contributed by atoms with van der Waals surface area (Å²) >= 11 is 0. The molecule has 140 valence electrons. The molecule has 1 atom stereocenters. The maximum atomic E-state index is 12.6. The first kappa shape index (κ1) is 19.5. The Morgan fingerprint density at radius 3 is 2.50 bits per heavy atom. The minimum atomic E-state index is 0.106. The third-order valence-electron chi connectivity index (χ3n) is 5.12. The highest BCUT2D eigenvalue weighted by molar-refractivity contribution is 5.74. The Balaban J connectivity index is 1.82. The molecule has 0 bridgehead atoms. The van der Waals surface area contributed by atoms with E-state index in [1.807, 2.05) is 4.90 Å². The van der Waals surface area contributed by atoms with Crippen LogP contribution in [-0.2, 0) is 4.74 Å². The van der Waals surface area contributed by atoms with Gasteiger partial charge in [0, 0.05) is 45.3 Å². The van der Waals surface area contributed by atoms with Gasteiger partial charge in [0.05, 0.1) is 13.2 Å². The van der Waals surface area contributed by atoms with Crippen LogP contribution in [0.25, 0.3) is 0 Å². The van der Waals surface area contributed by atoms with Gasteiger partial charge in [0.25, 0.3) is 0 Å². The zero-order valence-electron chi connectivity index (χ0n) is 15.8. The van der Waals surface area contributed by atoms with Crippen LogP contribution in [0.1, 0.15) is 33.6 Å². The first-order chi connectivity index (χ1) is 11.6. The molecular weight excluding hydrogens is 304 g/mol. The lowest BCUT2D eigenvalue weighted by molar-refractivity contribution is 0.0127. The molecule has 0 radical (unpaired) electrons. The average molecular weight is 341 g/mol. The highest BCUT2D eigenvalue weighted by Gasteiger charge is 2.24. The Morgan fingerprint density at radius 1 is 1.08 bits per heavy atom. The molecule has 2 aliphatic heterocycles. The average Bonchev–Trinajstić information content (AvgIpc) is 2.84. The van der Waals surface area contributed by atoms with Crippen molar-refractivity contribution in [1.82, 2.24) is 20.0 Å². The molecule has 2 rings (SSSR count). The second-order valence-corrected chi connectivity index (χ2v) is 7.39. The van der Waals surface area contributed by atoms with Gasteiger partial charge in [0.15, 0.2) is 0 Å². The summed E-state index contributed by atoms with van der Waals surface area (Å²) in [6.07, 6.45) is 2.18. The van der Waals surface area contributed by atoms with Crippen molar-refractivity contribution in [3.63, 3.8) is 0 Å². The molecule has 0 unspecified atom stereocenters. The standard InChI is InChI=1S/C18H36N4O2/c1-4-20-6-5-7-22(9-8-20)18(23)19-15-17(14-16(2)3)21-10-12-24-13-11-21/h16-17H,4-15H2,1-3H3,(H,19,23)/t17-/m0/s1. The van der Waals surface area contributed by atoms with Crippen LogP contribution in [0, 0.1) is 5.92 Å². The van der Waals surface area contributed by atoms with Gasteiger partial charge < -0.3 is 19.9 Å². The molecule has 2 fully saturated rings. The first-order valence-corrected chi connectivity index (χ1v) is 9.67. The maximum absolute atomic E-state index is 12.6. The molecule has 24 heavy (non-hydrogen) atoms. The number of amides is 2. The molecule has 0 saturated carbocycles. The van der Waals surface area contributed by atoms with Crippen molar-refractivity contribution < 1.29 is 9.53 Å². The number of likely N-dealkylation sites (N-methyl/N-ethyl adjacent to an activating group) is 1. The fourth-order valence-electron chi connectivity index (χ4n) is 3.66. The highest BCUT2D eigenvalue weighted by atomic mass is 16.5. The third-order valence-corrected chi connectivity index (χ3v) is 5.12. The zero-order chi connectivity index (χ0) is 17.4. The molecule has 0 spiro atoms. The van der Waals surface area contributed by atoms with E-state index in [4.69, 9.17) is 4.74 Å². The number of morpholine rings is 1. The minimum absolute atomic E-state index is 0.106. The Hall–Kier alpha value is -0.850. The van der Waals surface area contributed by atoms with Crippen molar-refractivity contribution in [3.8, 4) is 0 Å². The van der Waals surface area contributed by atoms with E-state index in [2.05, 4.69) is 35.9 Å². The quantitative estimate of drug-likeness (QED) is 0.795. The van der Waals surface area contributed by atoms with Crippen LogP contribution in [0.2, 0.25) is 0 Å². The number of nitrogens with zero attached hydrogens (tertiary/aromatic N) is 3. The van der Waals surface area contributed by atoms with Gasteiger partial charge in [-0.3, -0.25) is 4.90 Å². The predicted molar refractivity (Wildman–Crippen MR) is 97.3 cm³/mol. The fourth-order valence-corrected chi connectivity index (χ4v) is 3.66. The van der Waals surface area contributed by atoms with E-state index in [1.54, 1.807) is 0 Å². The molecule has 0 aliphatic carbocycles. The van der Waals surface area contributed by atoms with Gasteiger partial charge in [-0.2, -0.15) is 0 Å². The number of hydrogen-bond acceptors (Lipinski definition) is 4. The number of nitrogens with one attached hydrogen (secondary N) is 1. The van der Waals surface area contributed by atoms with Gasteiger partial charge in [0.1, 0.15) is 0 Å². The van der Waals surface area contributed by atoms with Crippen molar-refractivity contribution in [2.45, 2.75) is 39.7 Å². The van der Waals surface area contributed by atoms with Gasteiger partial charge in [-0.15, -0.1) is 0 Å². The summed E-state index contributed by atoms with van der Waals surface area (Å²) in [5.41, 5.74) is 0. The molecule has 1 N–H and O–H groups in total. The van der Waals surface area contributed by atoms with Gasteiger partial charge in [-0.25, -0.2) is 4.79 Å². The smallest absolute Gasteiger partial charge is 0.317 e. The predicted octanol–water partition coefficient (Wildman–Crippen LogP) is 1.47. The lowest BCUT2D eigenvalue weighted by Gasteiger charge is -2.36. The fraction of sp³-hybridized carbons (Fsp3) is 0.944. The molecule has 2 heterocycles. The van der Waals surface area contributed by atoms with Crippen LogP contribution < -0.4 is 5.32 Å². The lowest BCUT2D eigenvalue weighted by atomic mass is 10.0. The molecule has 2 saturated heterocycles. The van der Waals surface area contributed by atoms with Gasteiger partial charge in [-0.05, 0) is 31.8 Å². The summed E-state index contributed by atoms with van der Waals surface area (Å²) in [6.45, 7) is 15.9. The van der Waals surface area contributed by atoms with E-state index < -0.39 is 0 Å². The molecule has 6 heteroatoms. The van der Waals surface area contributed by atoms with Crippen LogP contribution in [0.5, 0.6) is 0 Å². The maximum Gasteiger partial charge on any atom is 0.317 e. The summed E-state index contributed by atoms with van der Waals surface area (Å²) in [6, 6.07) is 0.520. The molecule has 6 nitrogen and oxygen atoms in total. The van der Waals surface area contributed by atoms with Crippen LogP contribution in [0.15, 0.2) is 0 Å². The van der Waals surface area contributed by atoms with E-state index in [0.717, 1.165) is 78.4 Å². The topological polar surface area (TPSA) is 48.0 Å². The van der Waals surface area contributed by atoms with Crippen LogP contribution >= 0.6 is 0 Å². The van der Waals surface area contributed by atoms with Crippen LogP contribution in [0.4, 0.5) is 4.79 Å². The Morgan fingerprint density at radius 2 is 1.83 bits per heavy atom. The molecule has 2 aliphatic rings. The number of hydrogen-bond donors (Lipinski definition) is 1. The lowest BCUT2D eigenvalue weighted by Crippen LogP contribution is -2.51. The number of ether oxygens (including phenoxy) is 1. The second-order valence-electron chi connectivity index (χ2n) is 7.39. The van der Waals surface area contributed by atoms with Crippen molar-refractivity contribution >= 4 is 6.03 Å². The van der Waals surface area contributed by atoms with Gasteiger partial charge in [-0.1, -0.05) is 20.8 Å². The summed E-state index contributed by atoms with van der Waals surface area (Å²) in [5.74, 6) is 0.631. The normalized spacial score (nSPS) is 22.4. The van der Waals surface area contributed by atoms with E-state index in [0.29, 0.717) is 12.0 Å². The monoisotopic (exact) mass is 340 g/mol. The van der Waals surface area contributed by atoms with E-state index in [1.165, 1.54) is 0 Å². The molecular formula is C18H36N4O2. The van der Waals surface area contributed by atoms with E-state index >= 15 is 0 Å². The third kappa shape index (κ3) is 6.22. The zero-order valence-corrected chi connectivity index (χ0v) is 15.8. The van der Waals surface area contributed by atoms with Crippen LogP contribution in [-0.4, -0.2) is 92.3 Å². The molecule has 2 amide bonds.